The summed E-state index contributed by atoms with van der Waals surface area (Å²) in [6, 6.07) is 12.4. The van der Waals surface area contributed by atoms with Gasteiger partial charge in [-0.05, 0) is 111 Å². The topological polar surface area (TPSA) is 96.2 Å². The Morgan fingerprint density at radius 2 is 1.86 bits per heavy atom. The molecule has 0 aliphatic heterocycles. The van der Waals surface area contributed by atoms with Crippen molar-refractivity contribution >= 4 is 15.9 Å². The normalized spacial score (nSPS) is 31.9. The summed E-state index contributed by atoms with van der Waals surface area (Å²) in [5.41, 5.74) is 2.16. The molecule has 2 aromatic carbocycles. The average molecular weight is 512 g/mol. The lowest BCUT2D eigenvalue weighted by molar-refractivity contribution is -0.0997. The fourth-order valence-electron chi connectivity index (χ4n) is 7.39. The summed E-state index contributed by atoms with van der Waals surface area (Å²) in [5, 5.41) is 22.0. The van der Waals surface area contributed by atoms with Gasteiger partial charge in [0.25, 0.3) is 10.0 Å². The monoisotopic (exact) mass is 511 g/mol. The number of nitrogens with zero attached hydrogens (tertiary/aromatic N) is 1. The van der Waals surface area contributed by atoms with Crippen LogP contribution >= 0.6 is 0 Å². The van der Waals surface area contributed by atoms with Gasteiger partial charge in [0.05, 0.1) is 23.5 Å². The summed E-state index contributed by atoms with van der Waals surface area (Å²) in [6.07, 6.45) is 5.44. The van der Waals surface area contributed by atoms with Crippen molar-refractivity contribution in [2.45, 2.75) is 82.1 Å². The molecule has 5 rings (SSSR count). The van der Waals surface area contributed by atoms with Crippen LogP contribution in [0, 0.1) is 24.2 Å². The Labute approximate surface area is 214 Å². The smallest absolute Gasteiger partial charge is 0.285 e. The van der Waals surface area contributed by atoms with E-state index in [1.54, 1.807) is 37.3 Å². The first-order chi connectivity index (χ1) is 17.1. The van der Waals surface area contributed by atoms with Crippen molar-refractivity contribution in [3.63, 3.8) is 0 Å². The van der Waals surface area contributed by atoms with Crippen molar-refractivity contribution in [3.8, 4) is 5.75 Å². The lowest BCUT2D eigenvalue weighted by Gasteiger charge is -2.53. The number of hydrogen-bond donors (Lipinski definition) is 2. The van der Waals surface area contributed by atoms with Crippen molar-refractivity contribution in [3.05, 3.63) is 59.2 Å². The SMILES string of the molecule is CCOC(C[C@]1(O)CC[C@H]2[C@@H]3CCc4cc(O)ccc4[C@H]3CC[C@@]21C)=NS(=O)(=O)c1ccc(C)cc1. The van der Waals surface area contributed by atoms with Gasteiger partial charge >= 0.3 is 0 Å². The molecule has 0 saturated heterocycles. The van der Waals surface area contributed by atoms with E-state index >= 15 is 0 Å². The molecule has 194 valence electrons. The lowest BCUT2D eigenvalue weighted by atomic mass is 9.53. The van der Waals surface area contributed by atoms with Crippen LogP contribution in [0.15, 0.2) is 51.8 Å². The Morgan fingerprint density at radius 1 is 1.11 bits per heavy atom. The molecule has 2 N–H and O–H groups in total. The van der Waals surface area contributed by atoms with E-state index in [0.29, 0.717) is 29.9 Å². The lowest BCUT2D eigenvalue weighted by Crippen LogP contribution is -2.51. The standard InChI is InChI=1S/C29H37NO5S/c1-4-35-27(30-36(33,34)22-9-5-19(2)6-10-22)18-29(32)16-14-26-25-11-7-20-17-21(31)8-12-23(20)24(25)13-15-28(26,29)3/h5-6,8-10,12,17,24-26,31-32H,4,7,11,13-16,18H2,1-3H3/t24-,25-,26+,28+,29-/m1/s1. The minimum absolute atomic E-state index is 0.0917. The number of rotatable bonds is 5. The second-order valence-electron chi connectivity index (χ2n) is 11.2. The van der Waals surface area contributed by atoms with Crippen molar-refractivity contribution in [2.24, 2.45) is 21.6 Å². The summed E-state index contributed by atoms with van der Waals surface area (Å²) in [4.78, 5) is 0.125. The Morgan fingerprint density at radius 3 is 2.58 bits per heavy atom. The predicted octanol–water partition coefficient (Wildman–Crippen LogP) is 5.50. The zero-order chi connectivity index (χ0) is 25.7. The number of hydrogen-bond acceptors (Lipinski definition) is 5. The second-order valence-corrected chi connectivity index (χ2v) is 12.8. The summed E-state index contributed by atoms with van der Waals surface area (Å²) >= 11 is 0. The highest BCUT2D eigenvalue weighted by molar-refractivity contribution is 7.90. The highest BCUT2D eigenvalue weighted by Crippen LogP contribution is 2.65. The van der Waals surface area contributed by atoms with Gasteiger partial charge in [0.1, 0.15) is 5.75 Å². The Bertz CT molecular complexity index is 1270. The number of ether oxygens (including phenoxy) is 1. The minimum Gasteiger partial charge on any atom is -0.508 e. The molecule has 0 radical (unpaired) electrons. The number of aryl methyl sites for hydroxylation is 2. The van der Waals surface area contributed by atoms with E-state index in [4.69, 9.17) is 4.74 Å². The van der Waals surface area contributed by atoms with Crippen LogP contribution in [0.3, 0.4) is 0 Å². The van der Waals surface area contributed by atoms with Crippen LogP contribution in [0.4, 0.5) is 0 Å². The molecular formula is C29H37NO5S. The third-order valence-electron chi connectivity index (χ3n) is 9.33. The van der Waals surface area contributed by atoms with Gasteiger partial charge in [-0.1, -0.05) is 30.7 Å². The van der Waals surface area contributed by atoms with Gasteiger partial charge < -0.3 is 14.9 Å². The van der Waals surface area contributed by atoms with E-state index < -0.39 is 15.6 Å². The van der Waals surface area contributed by atoms with Crippen LogP contribution in [0.25, 0.3) is 0 Å². The molecule has 2 aromatic rings. The predicted molar refractivity (Wildman–Crippen MR) is 140 cm³/mol. The van der Waals surface area contributed by atoms with Crippen molar-refractivity contribution < 1.29 is 23.4 Å². The summed E-state index contributed by atoms with van der Waals surface area (Å²) in [5.74, 6) is 1.68. The van der Waals surface area contributed by atoms with E-state index in [2.05, 4.69) is 17.4 Å². The van der Waals surface area contributed by atoms with Crippen LogP contribution in [-0.2, 0) is 21.2 Å². The van der Waals surface area contributed by atoms with Crippen LogP contribution < -0.4 is 0 Å². The Hall–Kier alpha value is -2.38. The molecule has 3 aliphatic rings. The van der Waals surface area contributed by atoms with Crippen LogP contribution in [0.2, 0.25) is 0 Å². The van der Waals surface area contributed by atoms with Gasteiger partial charge in [-0.15, -0.1) is 4.40 Å². The molecule has 7 heteroatoms. The Balaban J connectivity index is 1.42. The number of aromatic hydroxyl groups is 1. The molecule has 2 saturated carbocycles. The van der Waals surface area contributed by atoms with E-state index in [1.165, 1.54) is 11.1 Å². The fourth-order valence-corrected chi connectivity index (χ4v) is 8.36. The minimum atomic E-state index is -3.94. The zero-order valence-corrected chi connectivity index (χ0v) is 22.2. The maximum Gasteiger partial charge on any atom is 0.285 e. The number of fused-ring (bicyclic) bond motifs is 5. The molecule has 0 bridgehead atoms. The largest absolute Gasteiger partial charge is 0.508 e. The molecule has 0 aromatic heterocycles. The molecule has 5 atom stereocenters. The van der Waals surface area contributed by atoms with Crippen molar-refractivity contribution in [2.75, 3.05) is 6.61 Å². The highest BCUT2D eigenvalue weighted by Gasteiger charge is 2.61. The van der Waals surface area contributed by atoms with E-state index in [-0.39, 0.29) is 29.2 Å². The van der Waals surface area contributed by atoms with Gasteiger partial charge in [-0.2, -0.15) is 8.42 Å². The fraction of sp³-hybridized carbons (Fsp3) is 0.552. The van der Waals surface area contributed by atoms with Crippen molar-refractivity contribution in [1.82, 2.24) is 0 Å². The molecule has 0 unspecified atom stereocenters. The molecule has 2 fully saturated rings. The molecule has 0 amide bonds. The maximum atomic E-state index is 13.0. The van der Waals surface area contributed by atoms with Gasteiger partial charge in [-0.3, -0.25) is 0 Å². The average Bonchev–Trinajstić information content (AvgIpc) is 3.09. The van der Waals surface area contributed by atoms with Crippen molar-refractivity contribution in [1.29, 1.82) is 0 Å². The first-order valence-electron chi connectivity index (χ1n) is 13.1. The van der Waals surface area contributed by atoms with Gasteiger partial charge in [0, 0.05) is 0 Å². The summed E-state index contributed by atoms with van der Waals surface area (Å²) in [6.45, 7) is 6.18. The number of phenolic OH excluding ortho intramolecular Hbond substituents is 1. The first kappa shape index (κ1) is 25.3. The van der Waals surface area contributed by atoms with Gasteiger partial charge in [0.2, 0.25) is 5.90 Å². The van der Waals surface area contributed by atoms with Crippen LogP contribution in [-0.4, -0.2) is 36.7 Å². The quantitative estimate of drug-likeness (QED) is 0.408. The second kappa shape index (κ2) is 9.18. The third kappa shape index (κ3) is 4.24. The number of sulfonamides is 1. The van der Waals surface area contributed by atoms with Crippen LogP contribution in [0.1, 0.15) is 75.0 Å². The number of benzene rings is 2. The van der Waals surface area contributed by atoms with Gasteiger partial charge in [-0.25, -0.2) is 0 Å². The van der Waals surface area contributed by atoms with Crippen LogP contribution in [0.5, 0.6) is 5.75 Å². The zero-order valence-electron chi connectivity index (χ0n) is 21.4. The third-order valence-corrected chi connectivity index (χ3v) is 10.6. The maximum absolute atomic E-state index is 13.0. The molecule has 36 heavy (non-hydrogen) atoms. The van der Waals surface area contributed by atoms with Gasteiger partial charge in [0.15, 0.2) is 0 Å². The van der Waals surface area contributed by atoms with E-state index in [9.17, 15) is 18.6 Å². The van der Waals surface area contributed by atoms with E-state index in [0.717, 1.165) is 37.7 Å². The number of phenols is 1. The molecule has 0 spiro atoms. The number of aliphatic hydroxyl groups is 1. The molecule has 3 aliphatic carbocycles. The highest BCUT2D eigenvalue weighted by atomic mass is 32.2. The molecular weight excluding hydrogens is 474 g/mol. The molecule has 6 nitrogen and oxygen atoms in total. The Kier molecular flexibility index (Phi) is 6.44. The first-order valence-corrected chi connectivity index (χ1v) is 14.6. The summed E-state index contributed by atoms with van der Waals surface area (Å²) < 4.78 is 35.9. The molecule has 0 heterocycles. The summed E-state index contributed by atoms with van der Waals surface area (Å²) in [7, 11) is -3.94. The van der Waals surface area contributed by atoms with E-state index in [1.807, 2.05) is 13.0 Å².